The molecule has 0 aliphatic carbocycles. The van der Waals surface area contributed by atoms with Gasteiger partial charge < -0.3 is 10.4 Å². The quantitative estimate of drug-likeness (QED) is 0.778. The number of aliphatic carboxylic acids is 1. The molecule has 0 fully saturated rings. The van der Waals surface area contributed by atoms with Gasteiger partial charge in [-0.05, 0) is 30.9 Å². The van der Waals surface area contributed by atoms with Gasteiger partial charge in [-0.2, -0.15) is 9.97 Å². The highest BCUT2D eigenvalue weighted by Crippen LogP contribution is 2.10. The number of rotatable bonds is 8. The van der Waals surface area contributed by atoms with Gasteiger partial charge in [0, 0.05) is 6.42 Å². The predicted molar refractivity (Wildman–Crippen MR) is 88.5 cm³/mol. The molecule has 0 atom stereocenters. The summed E-state index contributed by atoms with van der Waals surface area (Å²) in [6.45, 7) is 3.74. The van der Waals surface area contributed by atoms with E-state index < -0.39 is 5.97 Å². The van der Waals surface area contributed by atoms with Crippen LogP contribution < -0.4 is 5.32 Å². The first kappa shape index (κ1) is 16.9. The average Bonchev–Trinajstić information content (AvgIpc) is 2.52. The Bertz CT molecular complexity index is 656. The average molecular weight is 314 g/mol. The van der Waals surface area contributed by atoms with Crippen molar-refractivity contribution in [3.05, 3.63) is 47.0 Å². The second-order valence-electron chi connectivity index (χ2n) is 5.44. The molecule has 2 aromatic rings. The maximum absolute atomic E-state index is 10.6. The van der Waals surface area contributed by atoms with Crippen LogP contribution in [0.4, 0.5) is 5.95 Å². The van der Waals surface area contributed by atoms with E-state index in [1.54, 1.807) is 6.92 Å². The summed E-state index contributed by atoms with van der Waals surface area (Å²) in [5, 5.41) is 11.4. The third-order valence-corrected chi connectivity index (χ3v) is 3.39. The lowest BCUT2D eigenvalue weighted by Gasteiger charge is -2.06. The highest BCUT2D eigenvalue weighted by molar-refractivity contribution is 5.71. The molecule has 0 amide bonds. The molecule has 0 saturated carbocycles. The topological polar surface area (TPSA) is 88.0 Å². The van der Waals surface area contributed by atoms with Crippen molar-refractivity contribution in [3.63, 3.8) is 0 Å². The van der Waals surface area contributed by atoms with Gasteiger partial charge in [0.05, 0.1) is 0 Å². The van der Waals surface area contributed by atoms with Gasteiger partial charge in [0.15, 0.2) is 0 Å². The fraction of sp³-hybridized carbons (Fsp3) is 0.412. The summed E-state index contributed by atoms with van der Waals surface area (Å²) < 4.78 is 0. The minimum atomic E-state index is -0.947. The smallest absolute Gasteiger partial charge is 0.322 e. The van der Waals surface area contributed by atoms with Gasteiger partial charge in [0.25, 0.3) is 0 Å². The van der Waals surface area contributed by atoms with Crippen LogP contribution in [0, 0.1) is 6.92 Å². The molecule has 23 heavy (non-hydrogen) atoms. The van der Waals surface area contributed by atoms with Crippen LogP contribution in [0.15, 0.2) is 24.3 Å². The number of benzene rings is 1. The normalized spacial score (nSPS) is 10.5. The molecular formula is C17H22N4O2. The molecule has 122 valence electrons. The van der Waals surface area contributed by atoms with Gasteiger partial charge in [-0.1, -0.05) is 37.6 Å². The Morgan fingerprint density at radius 1 is 1.04 bits per heavy atom. The molecule has 1 heterocycles. The zero-order valence-electron chi connectivity index (χ0n) is 13.5. The molecule has 0 aliphatic heterocycles. The van der Waals surface area contributed by atoms with Gasteiger partial charge in [-0.3, -0.25) is 4.79 Å². The number of hydrogen-bond donors (Lipinski definition) is 2. The first-order chi connectivity index (χ1) is 11.1. The molecule has 0 bridgehead atoms. The fourth-order valence-electron chi connectivity index (χ4n) is 2.30. The van der Waals surface area contributed by atoms with Gasteiger partial charge >= 0.3 is 5.97 Å². The molecule has 2 N–H and O–H groups in total. The molecular weight excluding hydrogens is 292 g/mol. The van der Waals surface area contributed by atoms with Crippen molar-refractivity contribution >= 4 is 11.9 Å². The van der Waals surface area contributed by atoms with E-state index in [1.165, 1.54) is 11.1 Å². The molecule has 1 aromatic heterocycles. The van der Waals surface area contributed by atoms with Crippen LogP contribution in [0.5, 0.6) is 0 Å². The number of nitrogens with one attached hydrogen (secondary N) is 1. The van der Waals surface area contributed by atoms with Crippen LogP contribution in [-0.2, 0) is 24.1 Å². The van der Waals surface area contributed by atoms with Crippen molar-refractivity contribution < 1.29 is 9.90 Å². The van der Waals surface area contributed by atoms with Crippen molar-refractivity contribution in [3.8, 4) is 0 Å². The molecule has 1 aromatic carbocycles. The standard InChI is InChI=1S/C17H22N4O2/c1-3-4-13-5-7-14(8-6-13)9-10-15-19-12(2)20-17(21-15)18-11-16(22)23/h5-8H,3-4,9-11H2,1-2H3,(H,22,23)(H,18,19,20,21). The van der Waals surface area contributed by atoms with E-state index in [0.29, 0.717) is 24.0 Å². The highest BCUT2D eigenvalue weighted by atomic mass is 16.4. The van der Waals surface area contributed by atoms with E-state index in [0.717, 1.165) is 19.3 Å². The van der Waals surface area contributed by atoms with Crippen molar-refractivity contribution in [2.24, 2.45) is 0 Å². The molecule has 6 nitrogen and oxygen atoms in total. The second kappa shape index (κ2) is 8.22. The van der Waals surface area contributed by atoms with E-state index in [2.05, 4.69) is 51.5 Å². The lowest BCUT2D eigenvalue weighted by Crippen LogP contribution is -2.16. The van der Waals surface area contributed by atoms with Crippen LogP contribution in [-0.4, -0.2) is 32.6 Å². The van der Waals surface area contributed by atoms with Gasteiger partial charge in [0.2, 0.25) is 5.95 Å². The Hall–Kier alpha value is -2.50. The van der Waals surface area contributed by atoms with Crippen molar-refractivity contribution in [1.82, 2.24) is 15.0 Å². The summed E-state index contributed by atoms with van der Waals surface area (Å²) in [4.78, 5) is 23.3. The first-order valence-corrected chi connectivity index (χ1v) is 7.82. The minimum Gasteiger partial charge on any atom is -0.480 e. The van der Waals surface area contributed by atoms with E-state index in [9.17, 15) is 4.79 Å². The molecule has 0 unspecified atom stereocenters. The summed E-state index contributed by atoms with van der Waals surface area (Å²) in [7, 11) is 0. The Labute approximate surface area is 136 Å². The number of aryl methyl sites for hydroxylation is 4. The lowest BCUT2D eigenvalue weighted by molar-refractivity contribution is -0.134. The Morgan fingerprint density at radius 3 is 2.30 bits per heavy atom. The number of carboxylic acids is 1. The number of nitrogens with zero attached hydrogens (tertiary/aromatic N) is 3. The molecule has 0 radical (unpaired) electrons. The number of aromatic nitrogens is 3. The molecule has 0 aliphatic rings. The number of carbonyl (C=O) groups is 1. The Balaban J connectivity index is 1.97. The van der Waals surface area contributed by atoms with E-state index >= 15 is 0 Å². The highest BCUT2D eigenvalue weighted by Gasteiger charge is 2.06. The molecule has 6 heteroatoms. The van der Waals surface area contributed by atoms with Crippen LogP contribution in [0.25, 0.3) is 0 Å². The maximum atomic E-state index is 10.6. The zero-order chi connectivity index (χ0) is 16.7. The maximum Gasteiger partial charge on any atom is 0.322 e. The summed E-state index contributed by atoms with van der Waals surface area (Å²) in [6, 6.07) is 8.61. The number of anilines is 1. The SMILES string of the molecule is CCCc1ccc(CCc2nc(C)nc(NCC(=O)O)n2)cc1. The molecule has 0 spiro atoms. The largest absolute Gasteiger partial charge is 0.480 e. The number of hydrogen-bond acceptors (Lipinski definition) is 5. The third kappa shape index (κ3) is 5.65. The summed E-state index contributed by atoms with van der Waals surface area (Å²) in [5.41, 5.74) is 2.59. The molecule has 0 saturated heterocycles. The summed E-state index contributed by atoms with van der Waals surface area (Å²) in [5.74, 6) is 0.620. The van der Waals surface area contributed by atoms with Crippen molar-refractivity contribution in [1.29, 1.82) is 0 Å². The Morgan fingerprint density at radius 2 is 1.70 bits per heavy atom. The first-order valence-electron chi connectivity index (χ1n) is 7.82. The van der Waals surface area contributed by atoms with Crippen molar-refractivity contribution in [2.75, 3.05) is 11.9 Å². The van der Waals surface area contributed by atoms with E-state index in [4.69, 9.17) is 5.11 Å². The molecule has 2 rings (SSSR count). The third-order valence-electron chi connectivity index (χ3n) is 3.39. The van der Waals surface area contributed by atoms with Gasteiger partial charge in [0.1, 0.15) is 18.2 Å². The monoisotopic (exact) mass is 314 g/mol. The van der Waals surface area contributed by atoms with Crippen LogP contribution in [0.1, 0.15) is 36.1 Å². The summed E-state index contributed by atoms with van der Waals surface area (Å²) in [6.07, 6.45) is 3.79. The van der Waals surface area contributed by atoms with Gasteiger partial charge in [-0.25, -0.2) is 4.98 Å². The van der Waals surface area contributed by atoms with Crippen LogP contribution in [0.3, 0.4) is 0 Å². The Kier molecular flexibility index (Phi) is 6.02. The fourth-order valence-corrected chi connectivity index (χ4v) is 2.30. The summed E-state index contributed by atoms with van der Waals surface area (Å²) >= 11 is 0. The van der Waals surface area contributed by atoms with E-state index in [-0.39, 0.29) is 6.54 Å². The number of carboxylic acid groups (broad SMARTS) is 1. The zero-order valence-corrected chi connectivity index (χ0v) is 13.5. The van der Waals surface area contributed by atoms with Gasteiger partial charge in [-0.15, -0.1) is 0 Å². The lowest BCUT2D eigenvalue weighted by atomic mass is 10.0. The van der Waals surface area contributed by atoms with Crippen LogP contribution in [0.2, 0.25) is 0 Å². The predicted octanol–water partition coefficient (Wildman–Crippen LogP) is 2.41. The van der Waals surface area contributed by atoms with Crippen molar-refractivity contribution in [2.45, 2.75) is 39.5 Å². The van der Waals surface area contributed by atoms with Crippen LogP contribution >= 0.6 is 0 Å². The van der Waals surface area contributed by atoms with E-state index in [1.807, 2.05) is 0 Å². The minimum absolute atomic E-state index is 0.207. The second-order valence-corrected chi connectivity index (χ2v) is 5.44.